The van der Waals surface area contributed by atoms with Gasteiger partial charge in [-0.15, -0.1) is 0 Å². The van der Waals surface area contributed by atoms with Crippen molar-refractivity contribution in [3.05, 3.63) is 59.7 Å². The summed E-state index contributed by atoms with van der Waals surface area (Å²) in [6.45, 7) is 4.44. The predicted octanol–water partition coefficient (Wildman–Crippen LogP) is 2.38. The van der Waals surface area contributed by atoms with Gasteiger partial charge in [0, 0.05) is 37.8 Å². The molecule has 2 aromatic heterocycles. The Balaban J connectivity index is 1.32. The average molecular weight is 353 g/mol. The molecule has 0 unspecified atom stereocenters. The molecule has 26 heavy (non-hydrogen) atoms. The maximum Gasteiger partial charge on any atom is 0.255 e. The van der Waals surface area contributed by atoms with Gasteiger partial charge in [-0.1, -0.05) is 0 Å². The summed E-state index contributed by atoms with van der Waals surface area (Å²) < 4.78 is 12.1. The highest BCUT2D eigenvalue weighted by Crippen LogP contribution is 2.36. The van der Waals surface area contributed by atoms with E-state index in [2.05, 4.69) is 9.97 Å². The predicted molar refractivity (Wildman–Crippen MR) is 95.6 cm³/mol. The number of carbonyl (C=O) groups excluding carboxylic acids is 1. The van der Waals surface area contributed by atoms with Gasteiger partial charge in [-0.25, -0.2) is 0 Å². The number of aromatic nitrogens is 2. The monoisotopic (exact) mass is 353 g/mol. The van der Waals surface area contributed by atoms with Gasteiger partial charge < -0.3 is 14.4 Å². The van der Waals surface area contributed by atoms with Crippen LogP contribution in [-0.4, -0.2) is 52.2 Å². The second kappa shape index (κ2) is 7.13. The molecular weight excluding hydrogens is 330 g/mol. The van der Waals surface area contributed by atoms with Crippen molar-refractivity contribution in [3.63, 3.8) is 0 Å². The summed E-state index contributed by atoms with van der Waals surface area (Å²) >= 11 is 0. The number of likely N-dealkylation sites (tertiary alicyclic amines) is 1. The van der Waals surface area contributed by atoms with Crippen LogP contribution in [0.15, 0.2) is 43.0 Å². The summed E-state index contributed by atoms with van der Waals surface area (Å²) in [5.41, 5.74) is 2.50. The molecule has 1 amide bonds. The van der Waals surface area contributed by atoms with Crippen LogP contribution in [0.5, 0.6) is 0 Å². The first-order valence-electron chi connectivity index (χ1n) is 8.99. The van der Waals surface area contributed by atoms with Gasteiger partial charge in [0.15, 0.2) is 0 Å². The third kappa shape index (κ3) is 3.61. The van der Waals surface area contributed by atoms with E-state index in [-0.39, 0.29) is 17.6 Å². The Hall–Kier alpha value is -2.31. The summed E-state index contributed by atoms with van der Waals surface area (Å²) in [6, 6.07) is 5.81. The van der Waals surface area contributed by atoms with E-state index in [0.717, 1.165) is 24.0 Å². The van der Waals surface area contributed by atoms with Crippen LogP contribution in [0.1, 0.15) is 34.3 Å². The maximum absolute atomic E-state index is 12.6. The summed E-state index contributed by atoms with van der Waals surface area (Å²) in [5, 5.41) is 0. The van der Waals surface area contributed by atoms with Crippen molar-refractivity contribution in [1.82, 2.24) is 14.9 Å². The minimum atomic E-state index is -0.256. The molecule has 6 nitrogen and oxygen atoms in total. The Morgan fingerprint density at radius 2 is 2.12 bits per heavy atom. The fourth-order valence-corrected chi connectivity index (χ4v) is 3.69. The van der Waals surface area contributed by atoms with Gasteiger partial charge in [0.1, 0.15) is 5.60 Å². The molecule has 0 bridgehead atoms. The second-order valence-corrected chi connectivity index (χ2v) is 7.22. The van der Waals surface area contributed by atoms with Crippen molar-refractivity contribution in [2.45, 2.75) is 38.1 Å². The van der Waals surface area contributed by atoms with E-state index in [1.807, 2.05) is 30.0 Å². The molecule has 0 N–H and O–H groups in total. The van der Waals surface area contributed by atoms with Gasteiger partial charge in [-0.05, 0) is 42.7 Å². The zero-order chi connectivity index (χ0) is 18.0. The highest BCUT2D eigenvalue weighted by Gasteiger charge is 2.49. The van der Waals surface area contributed by atoms with Crippen molar-refractivity contribution in [2.24, 2.45) is 0 Å². The number of amides is 1. The van der Waals surface area contributed by atoms with Gasteiger partial charge in [0.25, 0.3) is 5.91 Å². The minimum Gasteiger partial charge on any atom is -0.373 e. The molecule has 1 spiro atoms. The zero-order valence-electron chi connectivity index (χ0n) is 14.9. The Kier molecular flexibility index (Phi) is 4.70. The van der Waals surface area contributed by atoms with Gasteiger partial charge in [-0.3, -0.25) is 14.8 Å². The van der Waals surface area contributed by atoms with Crippen LogP contribution in [0.4, 0.5) is 0 Å². The standard InChI is InChI=1S/C20H23N3O3/c1-15-8-17(11-22-10-15)19(24)23-13-20(14-23)9-18(4-7-26-20)25-12-16-2-5-21-6-3-16/h2-3,5-6,8,10-11,18H,4,7,9,12-14H2,1H3/t18-/m0/s1. The van der Waals surface area contributed by atoms with E-state index in [9.17, 15) is 4.79 Å². The van der Waals surface area contributed by atoms with Crippen LogP contribution in [0.2, 0.25) is 0 Å². The molecule has 4 heterocycles. The van der Waals surface area contributed by atoms with Crippen LogP contribution in [-0.2, 0) is 16.1 Å². The SMILES string of the molecule is Cc1cncc(C(=O)N2CC3(C[C@@H](OCc4ccncc4)CCO3)C2)c1. The molecule has 4 rings (SSSR count). The molecule has 0 radical (unpaired) electrons. The van der Waals surface area contributed by atoms with E-state index in [0.29, 0.717) is 31.9 Å². The summed E-state index contributed by atoms with van der Waals surface area (Å²) in [4.78, 5) is 22.6. The number of rotatable bonds is 4. The number of nitrogens with zero attached hydrogens (tertiary/aromatic N) is 3. The Morgan fingerprint density at radius 3 is 2.88 bits per heavy atom. The van der Waals surface area contributed by atoms with Gasteiger partial charge in [0.2, 0.25) is 0 Å². The van der Waals surface area contributed by atoms with Crippen molar-refractivity contribution < 1.29 is 14.3 Å². The molecule has 2 aliphatic rings. The molecule has 0 aromatic carbocycles. The van der Waals surface area contributed by atoms with Crippen molar-refractivity contribution in [3.8, 4) is 0 Å². The van der Waals surface area contributed by atoms with E-state index in [4.69, 9.17) is 9.47 Å². The summed E-state index contributed by atoms with van der Waals surface area (Å²) in [7, 11) is 0. The molecule has 1 atom stereocenters. The maximum atomic E-state index is 12.6. The molecule has 2 fully saturated rings. The Labute approximate surface area is 153 Å². The quantitative estimate of drug-likeness (QED) is 0.844. The van der Waals surface area contributed by atoms with E-state index in [1.165, 1.54) is 0 Å². The van der Waals surface area contributed by atoms with Crippen molar-refractivity contribution in [1.29, 1.82) is 0 Å². The molecule has 2 aromatic rings. The number of ether oxygens (including phenoxy) is 2. The van der Waals surface area contributed by atoms with E-state index in [1.54, 1.807) is 24.8 Å². The van der Waals surface area contributed by atoms with Gasteiger partial charge in [0.05, 0.1) is 31.4 Å². The van der Waals surface area contributed by atoms with Gasteiger partial charge in [-0.2, -0.15) is 0 Å². The molecule has 2 aliphatic heterocycles. The number of hydrogen-bond acceptors (Lipinski definition) is 5. The van der Waals surface area contributed by atoms with Gasteiger partial charge >= 0.3 is 0 Å². The molecule has 6 heteroatoms. The van der Waals surface area contributed by atoms with Crippen LogP contribution in [0.25, 0.3) is 0 Å². The van der Waals surface area contributed by atoms with E-state index >= 15 is 0 Å². The largest absolute Gasteiger partial charge is 0.373 e. The highest BCUT2D eigenvalue weighted by molar-refractivity contribution is 5.94. The summed E-state index contributed by atoms with van der Waals surface area (Å²) in [6.07, 6.45) is 8.82. The Morgan fingerprint density at radius 1 is 1.31 bits per heavy atom. The number of aryl methyl sites for hydroxylation is 1. The fraction of sp³-hybridized carbons (Fsp3) is 0.450. The fourth-order valence-electron chi connectivity index (χ4n) is 3.69. The first-order chi connectivity index (χ1) is 12.6. The van der Waals surface area contributed by atoms with Crippen LogP contribution in [0, 0.1) is 6.92 Å². The lowest BCUT2D eigenvalue weighted by molar-refractivity contribution is -0.188. The summed E-state index contributed by atoms with van der Waals surface area (Å²) in [5.74, 6) is 0.0234. The smallest absolute Gasteiger partial charge is 0.255 e. The normalized spacial score (nSPS) is 21.4. The lowest BCUT2D eigenvalue weighted by atomic mass is 9.84. The topological polar surface area (TPSA) is 64.6 Å². The second-order valence-electron chi connectivity index (χ2n) is 7.22. The zero-order valence-corrected chi connectivity index (χ0v) is 14.9. The molecular formula is C20H23N3O3. The lowest BCUT2D eigenvalue weighted by Crippen LogP contribution is -2.67. The van der Waals surface area contributed by atoms with Crippen LogP contribution >= 0.6 is 0 Å². The minimum absolute atomic E-state index is 0.0234. The molecule has 0 aliphatic carbocycles. The third-order valence-electron chi connectivity index (χ3n) is 5.05. The molecule has 136 valence electrons. The van der Waals surface area contributed by atoms with Crippen molar-refractivity contribution in [2.75, 3.05) is 19.7 Å². The van der Waals surface area contributed by atoms with E-state index < -0.39 is 0 Å². The Bertz CT molecular complexity index is 775. The highest BCUT2D eigenvalue weighted by atomic mass is 16.5. The lowest BCUT2D eigenvalue weighted by Gasteiger charge is -2.53. The van der Waals surface area contributed by atoms with Crippen LogP contribution in [0.3, 0.4) is 0 Å². The van der Waals surface area contributed by atoms with Crippen LogP contribution < -0.4 is 0 Å². The number of carbonyl (C=O) groups is 1. The first kappa shape index (κ1) is 17.1. The molecule has 0 saturated carbocycles. The third-order valence-corrected chi connectivity index (χ3v) is 5.05. The van der Waals surface area contributed by atoms with Crippen molar-refractivity contribution >= 4 is 5.91 Å². The average Bonchev–Trinajstić information content (AvgIpc) is 2.65. The number of pyridine rings is 2. The first-order valence-corrected chi connectivity index (χ1v) is 8.99. The number of hydrogen-bond donors (Lipinski definition) is 0. The molecule has 2 saturated heterocycles.